The van der Waals surface area contributed by atoms with Crippen molar-refractivity contribution in [2.45, 2.75) is 56.5 Å². The van der Waals surface area contributed by atoms with E-state index in [0.29, 0.717) is 31.5 Å². The molecule has 3 rings (SSSR count). The molecule has 0 aromatic heterocycles. The molecule has 1 saturated heterocycles. The molecule has 8 heteroatoms. The number of nitrogens with one attached hydrogen (secondary N) is 2. The summed E-state index contributed by atoms with van der Waals surface area (Å²) in [7, 11) is -3.73. The van der Waals surface area contributed by atoms with Crippen LogP contribution in [0.2, 0.25) is 0 Å². The Morgan fingerprint density at radius 2 is 1.74 bits per heavy atom. The summed E-state index contributed by atoms with van der Waals surface area (Å²) in [5.74, 6) is -0.584. The lowest BCUT2D eigenvalue weighted by Gasteiger charge is -2.32. The Labute approximate surface area is 202 Å². The molecule has 1 fully saturated rings. The average molecular weight is 484 g/mol. The van der Waals surface area contributed by atoms with Gasteiger partial charge < -0.3 is 10.6 Å². The predicted octanol–water partition coefficient (Wildman–Crippen LogP) is 3.37. The van der Waals surface area contributed by atoms with Crippen LogP contribution in [0.3, 0.4) is 0 Å². The number of carbonyl (C=O) groups excluding carboxylic acids is 2. The van der Waals surface area contributed by atoms with Crippen LogP contribution in [0.5, 0.6) is 0 Å². The molecule has 1 atom stereocenters. The van der Waals surface area contributed by atoms with Crippen molar-refractivity contribution in [3.8, 4) is 0 Å². The lowest BCUT2D eigenvalue weighted by molar-refractivity contribution is -0.117. The first-order chi connectivity index (χ1) is 16.0. The molecule has 34 heavy (non-hydrogen) atoms. The van der Waals surface area contributed by atoms with Crippen LogP contribution in [-0.4, -0.2) is 43.7 Å². The van der Waals surface area contributed by atoms with E-state index in [4.69, 9.17) is 0 Å². The molecule has 2 aromatic rings. The van der Waals surface area contributed by atoms with Crippen LogP contribution in [0, 0.1) is 0 Å². The van der Waals surface area contributed by atoms with E-state index in [1.54, 1.807) is 0 Å². The van der Waals surface area contributed by atoms with Gasteiger partial charge in [-0.1, -0.05) is 51.6 Å². The number of nitrogens with zero attached hydrogens (tertiary/aromatic N) is 1. The summed E-state index contributed by atoms with van der Waals surface area (Å²) < 4.78 is 27.5. The summed E-state index contributed by atoms with van der Waals surface area (Å²) in [5, 5.41) is 5.65. The molecule has 0 unspecified atom stereocenters. The first-order valence-electron chi connectivity index (χ1n) is 11.4. The minimum atomic E-state index is -3.73. The molecule has 182 valence electrons. The van der Waals surface area contributed by atoms with Gasteiger partial charge in [0.15, 0.2) is 0 Å². The molecule has 1 heterocycles. The smallest absolute Gasteiger partial charge is 0.251 e. The van der Waals surface area contributed by atoms with Crippen LogP contribution in [0.1, 0.15) is 55.1 Å². The molecular weight excluding hydrogens is 450 g/mol. The Hall–Kier alpha value is -2.97. The zero-order valence-electron chi connectivity index (χ0n) is 20.0. The van der Waals surface area contributed by atoms with E-state index < -0.39 is 10.0 Å². The van der Waals surface area contributed by atoms with Gasteiger partial charge in [-0.2, -0.15) is 4.31 Å². The van der Waals surface area contributed by atoms with E-state index >= 15 is 0 Å². The maximum absolute atomic E-state index is 13.1. The molecule has 0 bridgehead atoms. The van der Waals surface area contributed by atoms with Crippen molar-refractivity contribution < 1.29 is 18.0 Å². The largest absolute Gasteiger partial charge is 0.349 e. The Balaban J connectivity index is 1.61. The van der Waals surface area contributed by atoms with Gasteiger partial charge in [-0.15, -0.1) is 0 Å². The molecule has 1 aliphatic rings. The van der Waals surface area contributed by atoms with E-state index in [2.05, 4.69) is 50.1 Å². The minimum absolute atomic E-state index is 0.0680. The van der Waals surface area contributed by atoms with Crippen molar-refractivity contribution >= 4 is 21.8 Å². The number of sulfonamides is 1. The second kappa shape index (κ2) is 10.5. The molecule has 2 N–H and O–H groups in total. The van der Waals surface area contributed by atoms with Crippen LogP contribution >= 0.6 is 0 Å². The zero-order valence-corrected chi connectivity index (χ0v) is 20.8. The van der Waals surface area contributed by atoms with Gasteiger partial charge >= 0.3 is 0 Å². The number of piperidine rings is 1. The summed E-state index contributed by atoms with van der Waals surface area (Å²) in [6.45, 7) is 10.9. The van der Waals surface area contributed by atoms with Crippen molar-refractivity contribution in [1.82, 2.24) is 14.9 Å². The fraction of sp³-hybridized carbons (Fsp3) is 0.385. The molecule has 0 saturated carbocycles. The standard InChI is InChI=1S/C26H33N3O4S/c1-5-24(30)28-22-7-6-16-29(18-22)34(32,33)23-14-10-20(11-15-23)25(31)27-17-19-8-12-21(13-9-19)26(2,3)4/h5,8-15,22H,1,6-7,16-18H2,2-4H3,(H,27,31)(H,28,30)/t22-/m0/s1. The van der Waals surface area contributed by atoms with Gasteiger partial charge in [0.2, 0.25) is 15.9 Å². The third-order valence-corrected chi connectivity index (χ3v) is 7.82. The SMILES string of the molecule is C=CC(=O)N[C@H]1CCCN(S(=O)(=O)c2ccc(C(=O)NCc3ccc(C(C)(C)C)cc3)cc2)C1. The van der Waals surface area contributed by atoms with Crippen molar-refractivity contribution in [2.75, 3.05) is 13.1 Å². The van der Waals surface area contributed by atoms with E-state index in [1.807, 2.05) is 12.1 Å². The highest BCUT2D eigenvalue weighted by molar-refractivity contribution is 7.89. The minimum Gasteiger partial charge on any atom is -0.349 e. The topological polar surface area (TPSA) is 95.6 Å². The average Bonchev–Trinajstić information content (AvgIpc) is 2.82. The summed E-state index contributed by atoms with van der Waals surface area (Å²) in [5.41, 5.74) is 2.67. The summed E-state index contributed by atoms with van der Waals surface area (Å²) in [6, 6.07) is 13.8. The van der Waals surface area contributed by atoms with Crippen molar-refractivity contribution in [1.29, 1.82) is 0 Å². The summed E-state index contributed by atoms with van der Waals surface area (Å²) in [4.78, 5) is 24.3. The van der Waals surface area contributed by atoms with Crippen LogP contribution in [0.4, 0.5) is 0 Å². The Morgan fingerprint density at radius 1 is 1.09 bits per heavy atom. The molecule has 0 spiro atoms. The quantitative estimate of drug-likeness (QED) is 0.591. The third kappa shape index (κ3) is 6.33. The summed E-state index contributed by atoms with van der Waals surface area (Å²) >= 11 is 0. The van der Waals surface area contributed by atoms with Gasteiger partial charge in [0.05, 0.1) is 4.90 Å². The molecular formula is C26H33N3O4S. The van der Waals surface area contributed by atoms with Gasteiger partial charge in [-0.25, -0.2) is 8.42 Å². The number of hydrogen-bond donors (Lipinski definition) is 2. The monoisotopic (exact) mass is 483 g/mol. The van der Waals surface area contributed by atoms with E-state index in [0.717, 1.165) is 5.56 Å². The second-order valence-corrected chi connectivity index (χ2v) is 11.5. The first kappa shape index (κ1) is 25.6. The number of benzene rings is 2. The lowest BCUT2D eigenvalue weighted by Crippen LogP contribution is -2.49. The van der Waals surface area contributed by atoms with E-state index in [9.17, 15) is 18.0 Å². The van der Waals surface area contributed by atoms with Crippen molar-refractivity contribution in [3.63, 3.8) is 0 Å². The van der Waals surface area contributed by atoms with E-state index in [1.165, 1.54) is 40.2 Å². The van der Waals surface area contributed by atoms with Crippen LogP contribution in [0.15, 0.2) is 66.1 Å². The summed E-state index contributed by atoms with van der Waals surface area (Å²) in [6.07, 6.45) is 2.54. The number of rotatable bonds is 7. The van der Waals surface area contributed by atoms with Gasteiger partial charge in [0, 0.05) is 31.2 Å². The van der Waals surface area contributed by atoms with Crippen LogP contribution < -0.4 is 10.6 Å². The normalized spacial score (nSPS) is 17.1. The molecule has 1 aliphatic heterocycles. The fourth-order valence-corrected chi connectivity index (χ4v) is 5.40. The molecule has 7 nitrogen and oxygen atoms in total. The molecule has 2 amide bonds. The highest BCUT2D eigenvalue weighted by atomic mass is 32.2. The van der Waals surface area contributed by atoms with Gasteiger partial charge in [-0.05, 0) is 59.7 Å². The van der Waals surface area contributed by atoms with E-state index in [-0.39, 0.29) is 34.7 Å². The van der Waals surface area contributed by atoms with Crippen LogP contribution in [0.25, 0.3) is 0 Å². The van der Waals surface area contributed by atoms with Crippen molar-refractivity contribution in [2.24, 2.45) is 0 Å². The van der Waals surface area contributed by atoms with Crippen LogP contribution in [-0.2, 0) is 26.8 Å². The first-order valence-corrected chi connectivity index (χ1v) is 12.9. The number of carbonyl (C=O) groups is 2. The molecule has 2 aromatic carbocycles. The van der Waals surface area contributed by atoms with Gasteiger partial charge in [0.25, 0.3) is 5.91 Å². The Kier molecular flexibility index (Phi) is 7.94. The molecule has 0 radical (unpaired) electrons. The Morgan fingerprint density at radius 3 is 2.32 bits per heavy atom. The highest BCUT2D eigenvalue weighted by Crippen LogP contribution is 2.23. The maximum atomic E-state index is 13.1. The van der Waals surface area contributed by atoms with Gasteiger partial charge in [-0.3, -0.25) is 9.59 Å². The lowest BCUT2D eigenvalue weighted by atomic mass is 9.87. The third-order valence-electron chi connectivity index (χ3n) is 5.94. The van der Waals surface area contributed by atoms with Gasteiger partial charge in [0.1, 0.15) is 0 Å². The predicted molar refractivity (Wildman–Crippen MR) is 133 cm³/mol. The number of hydrogen-bond acceptors (Lipinski definition) is 4. The second-order valence-electron chi connectivity index (χ2n) is 9.57. The maximum Gasteiger partial charge on any atom is 0.251 e. The zero-order chi connectivity index (χ0) is 24.9. The fourth-order valence-electron chi connectivity index (χ4n) is 3.87. The highest BCUT2D eigenvalue weighted by Gasteiger charge is 2.30. The number of amides is 2. The Bertz CT molecular complexity index is 1130. The van der Waals surface area contributed by atoms with Crippen molar-refractivity contribution in [3.05, 3.63) is 77.9 Å². The molecule has 0 aliphatic carbocycles.